The fourth-order valence-corrected chi connectivity index (χ4v) is 3.47. The molecular formula is C23H23ClO4. The Morgan fingerprint density at radius 2 is 1.79 bits per heavy atom. The number of carbonyl (C=O) groups excluding carboxylic acids is 1. The van der Waals surface area contributed by atoms with Crippen LogP contribution >= 0.6 is 11.6 Å². The van der Waals surface area contributed by atoms with Crippen LogP contribution in [0.5, 0.6) is 0 Å². The van der Waals surface area contributed by atoms with Crippen molar-refractivity contribution in [3.63, 3.8) is 0 Å². The van der Waals surface area contributed by atoms with Gasteiger partial charge in [0.25, 0.3) is 0 Å². The van der Waals surface area contributed by atoms with E-state index in [4.69, 9.17) is 20.8 Å². The lowest BCUT2D eigenvalue weighted by molar-refractivity contribution is -0.147. The number of hydrogen-bond acceptors (Lipinski definition) is 4. The molecule has 2 aromatic carbocycles. The molecule has 0 amide bonds. The Balaban J connectivity index is 1.88. The number of aryl methyl sites for hydroxylation is 2. The number of carbonyl (C=O) groups is 1. The van der Waals surface area contributed by atoms with Gasteiger partial charge in [-0.05, 0) is 48.6 Å². The summed E-state index contributed by atoms with van der Waals surface area (Å²) in [4.78, 5) is 24.8. The molecule has 1 aromatic heterocycles. The van der Waals surface area contributed by atoms with E-state index in [1.54, 1.807) is 12.1 Å². The van der Waals surface area contributed by atoms with Crippen LogP contribution in [0, 0.1) is 19.8 Å². The SMILES string of the molecule is Cc1ccc2c(COC(=O)[C@@H](c3ccc(Cl)cc3)C(C)C)cc(=O)oc2c1C. The summed E-state index contributed by atoms with van der Waals surface area (Å²) in [6.45, 7) is 7.82. The monoisotopic (exact) mass is 398 g/mol. The fraction of sp³-hybridized carbons (Fsp3) is 0.304. The minimum atomic E-state index is -0.453. The molecule has 4 nitrogen and oxygen atoms in total. The molecule has 0 radical (unpaired) electrons. The Morgan fingerprint density at radius 1 is 1.11 bits per heavy atom. The third kappa shape index (κ3) is 4.12. The zero-order chi connectivity index (χ0) is 20.4. The molecule has 0 saturated heterocycles. The van der Waals surface area contributed by atoms with Crippen molar-refractivity contribution in [2.45, 2.75) is 40.2 Å². The van der Waals surface area contributed by atoms with Crippen LogP contribution < -0.4 is 5.63 Å². The van der Waals surface area contributed by atoms with Gasteiger partial charge in [0.1, 0.15) is 12.2 Å². The van der Waals surface area contributed by atoms with Crippen molar-refractivity contribution in [1.29, 1.82) is 0 Å². The number of benzene rings is 2. The van der Waals surface area contributed by atoms with Crippen molar-refractivity contribution >= 4 is 28.5 Å². The van der Waals surface area contributed by atoms with Crippen LogP contribution in [0.15, 0.2) is 51.7 Å². The topological polar surface area (TPSA) is 56.5 Å². The second-order valence-corrected chi connectivity index (χ2v) is 7.79. The molecule has 0 fully saturated rings. The minimum Gasteiger partial charge on any atom is -0.460 e. The van der Waals surface area contributed by atoms with Gasteiger partial charge in [-0.3, -0.25) is 4.79 Å². The molecule has 0 aliphatic heterocycles. The third-order valence-electron chi connectivity index (χ3n) is 5.04. The molecule has 3 rings (SSSR count). The lowest BCUT2D eigenvalue weighted by Crippen LogP contribution is -2.21. The van der Waals surface area contributed by atoms with Gasteiger partial charge < -0.3 is 9.15 Å². The highest BCUT2D eigenvalue weighted by Crippen LogP contribution is 2.28. The van der Waals surface area contributed by atoms with E-state index < -0.39 is 11.5 Å². The van der Waals surface area contributed by atoms with Crippen LogP contribution in [0.4, 0.5) is 0 Å². The molecule has 1 heterocycles. The smallest absolute Gasteiger partial charge is 0.336 e. The number of halogens is 1. The van der Waals surface area contributed by atoms with E-state index >= 15 is 0 Å². The van der Waals surface area contributed by atoms with Gasteiger partial charge in [-0.25, -0.2) is 4.79 Å². The average Bonchev–Trinajstić information content (AvgIpc) is 2.64. The van der Waals surface area contributed by atoms with Crippen LogP contribution in [-0.2, 0) is 16.1 Å². The summed E-state index contributed by atoms with van der Waals surface area (Å²) in [5.41, 5.74) is 3.52. The Kier molecular flexibility index (Phi) is 5.90. The van der Waals surface area contributed by atoms with Gasteiger partial charge in [-0.15, -0.1) is 0 Å². The molecule has 3 aromatic rings. The first kappa shape index (κ1) is 20.2. The second-order valence-electron chi connectivity index (χ2n) is 7.36. The highest BCUT2D eigenvalue weighted by atomic mass is 35.5. The van der Waals surface area contributed by atoms with Crippen molar-refractivity contribution in [3.8, 4) is 0 Å². The lowest BCUT2D eigenvalue weighted by atomic mass is 9.88. The van der Waals surface area contributed by atoms with Crippen molar-refractivity contribution in [3.05, 3.63) is 80.2 Å². The molecular weight excluding hydrogens is 376 g/mol. The average molecular weight is 399 g/mol. The highest BCUT2D eigenvalue weighted by molar-refractivity contribution is 6.30. The van der Waals surface area contributed by atoms with Gasteiger partial charge in [0.15, 0.2) is 0 Å². The molecule has 28 heavy (non-hydrogen) atoms. The molecule has 5 heteroatoms. The van der Waals surface area contributed by atoms with Crippen LogP contribution in [0.1, 0.15) is 42.0 Å². The maximum atomic E-state index is 12.8. The van der Waals surface area contributed by atoms with Gasteiger partial charge in [-0.2, -0.15) is 0 Å². The first-order valence-electron chi connectivity index (χ1n) is 9.23. The van der Waals surface area contributed by atoms with Gasteiger partial charge >= 0.3 is 11.6 Å². The molecule has 0 unspecified atom stereocenters. The molecule has 0 aliphatic rings. The van der Waals surface area contributed by atoms with Crippen molar-refractivity contribution in [2.24, 2.45) is 5.92 Å². The van der Waals surface area contributed by atoms with E-state index in [9.17, 15) is 9.59 Å². The fourth-order valence-electron chi connectivity index (χ4n) is 3.35. The number of fused-ring (bicyclic) bond motifs is 1. The molecule has 0 bridgehead atoms. The Bertz CT molecular complexity index is 1060. The van der Waals surface area contributed by atoms with Crippen molar-refractivity contribution in [1.82, 2.24) is 0 Å². The molecule has 0 spiro atoms. The van der Waals surface area contributed by atoms with Gasteiger partial charge in [0, 0.05) is 22.0 Å². The summed E-state index contributed by atoms with van der Waals surface area (Å²) in [6.07, 6.45) is 0. The van der Waals surface area contributed by atoms with E-state index in [-0.39, 0.29) is 18.5 Å². The molecule has 0 aliphatic carbocycles. The Morgan fingerprint density at radius 3 is 2.43 bits per heavy atom. The van der Waals surface area contributed by atoms with E-state index in [1.807, 2.05) is 52.0 Å². The standard InChI is InChI=1S/C23H23ClO4/c1-13(2)21(16-6-8-18(24)9-7-16)23(26)27-12-17-11-20(25)28-22-15(4)14(3)5-10-19(17)22/h5-11,13,21H,12H2,1-4H3/t21-/m1/s1. The van der Waals surface area contributed by atoms with Gasteiger partial charge in [0.05, 0.1) is 5.92 Å². The van der Waals surface area contributed by atoms with Crippen LogP contribution in [0.2, 0.25) is 5.02 Å². The van der Waals surface area contributed by atoms with E-state index in [1.165, 1.54) is 6.07 Å². The van der Waals surface area contributed by atoms with Crippen molar-refractivity contribution < 1.29 is 13.9 Å². The summed E-state index contributed by atoms with van der Waals surface area (Å²) < 4.78 is 11.0. The highest BCUT2D eigenvalue weighted by Gasteiger charge is 2.26. The maximum absolute atomic E-state index is 12.8. The first-order valence-corrected chi connectivity index (χ1v) is 9.60. The Labute approximate surface area is 169 Å². The Hall–Kier alpha value is -2.59. The summed E-state index contributed by atoms with van der Waals surface area (Å²) in [5, 5.41) is 1.40. The molecule has 1 atom stereocenters. The largest absolute Gasteiger partial charge is 0.460 e. The maximum Gasteiger partial charge on any atom is 0.336 e. The third-order valence-corrected chi connectivity index (χ3v) is 5.29. The van der Waals surface area contributed by atoms with Crippen LogP contribution in [0.3, 0.4) is 0 Å². The lowest BCUT2D eigenvalue weighted by Gasteiger charge is -2.20. The summed E-state index contributed by atoms with van der Waals surface area (Å²) >= 11 is 5.96. The van der Waals surface area contributed by atoms with Gasteiger partial charge in [0.2, 0.25) is 0 Å². The van der Waals surface area contributed by atoms with Crippen molar-refractivity contribution in [2.75, 3.05) is 0 Å². The van der Waals surface area contributed by atoms with E-state index in [2.05, 4.69) is 0 Å². The second kappa shape index (κ2) is 8.19. The zero-order valence-electron chi connectivity index (χ0n) is 16.4. The predicted molar refractivity (Wildman–Crippen MR) is 111 cm³/mol. The number of esters is 1. The molecule has 0 saturated carbocycles. The summed E-state index contributed by atoms with van der Waals surface area (Å²) in [6, 6.07) is 12.5. The van der Waals surface area contributed by atoms with Crippen LogP contribution in [-0.4, -0.2) is 5.97 Å². The van der Waals surface area contributed by atoms with E-state index in [0.717, 1.165) is 22.1 Å². The minimum absolute atomic E-state index is 0.0141. The summed E-state index contributed by atoms with van der Waals surface area (Å²) in [5.74, 6) is -0.689. The first-order chi connectivity index (χ1) is 13.3. The van der Waals surface area contributed by atoms with E-state index in [0.29, 0.717) is 16.2 Å². The number of hydrogen-bond donors (Lipinski definition) is 0. The van der Waals surface area contributed by atoms with Gasteiger partial charge in [-0.1, -0.05) is 49.7 Å². The predicted octanol–water partition coefficient (Wildman–Crippen LogP) is 5.55. The van der Waals surface area contributed by atoms with Crippen LogP contribution in [0.25, 0.3) is 11.0 Å². The summed E-state index contributed by atoms with van der Waals surface area (Å²) in [7, 11) is 0. The molecule has 0 N–H and O–H groups in total. The molecule has 146 valence electrons. The number of rotatable bonds is 5. The zero-order valence-corrected chi connectivity index (χ0v) is 17.2. The number of ether oxygens (including phenoxy) is 1. The quantitative estimate of drug-likeness (QED) is 0.418. The normalized spacial score (nSPS) is 12.4.